The topological polar surface area (TPSA) is 110 Å². The molecule has 0 atom stereocenters. The molecule has 33 heavy (non-hydrogen) atoms. The van der Waals surface area contributed by atoms with Crippen molar-refractivity contribution in [1.29, 1.82) is 0 Å². The Morgan fingerprint density at radius 3 is 2.70 bits per heavy atom. The Labute approximate surface area is 191 Å². The number of piperidine rings is 1. The second-order valence-electron chi connectivity index (χ2n) is 8.40. The van der Waals surface area contributed by atoms with Crippen molar-refractivity contribution >= 4 is 22.6 Å². The number of anilines is 1. The Morgan fingerprint density at radius 1 is 1.15 bits per heavy atom. The Morgan fingerprint density at radius 2 is 1.94 bits per heavy atom. The highest BCUT2D eigenvalue weighted by atomic mass is 16.5. The molecule has 0 bridgehead atoms. The number of ether oxygens (including phenoxy) is 1. The number of hydrogen-bond donors (Lipinski definition) is 2. The van der Waals surface area contributed by atoms with E-state index in [0.29, 0.717) is 6.42 Å². The van der Waals surface area contributed by atoms with Crippen molar-refractivity contribution in [1.82, 2.24) is 20.2 Å². The summed E-state index contributed by atoms with van der Waals surface area (Å²) in [5.74, 6) is 1.13. The molecule has 5 rings (SSSR count). The first kappa shape index (κ1) is 20.9. The van der Waals surface area contributed by atoms with Gasteiger partial charge in [0.25, 0.3) is 5.91 Å². The molecular weight excluding hydrogens is 416 g/mol. The molecule has 0 saturated carbocycles. The molecule has 168 valence electrons. The van der Waals surface area contributed by atoms with E-state index in [-0.39, 0.29) is 11.8 Å². The van der Waals surface area contributed by atoms with Gasteiger partial charge in [0, 0.05) is 61.8 Å². The fourth-order valence-electron chi connectivity index (χ4n) is 4.45. The summed E-state index contributed by atoms with van der Waals surface area (Å²) in [6.45, 7) is 3.59. The maximum Gasteiger partial charge on any atom is 0.269 e. The molecule has 1 aromatic carbocycles. The van der Waals surface area contributed by atoms with E-state index < -0.39 is 5.91 Å². The highest BCUT2D eigenvalue weighted by molar-refractivity contribution is 5.93. The van der Waals surface area contributed by atoms with Crippen LogP contribution in [0.4, 0.5) is 5.82 Å². The van der Waals surface area contributed by atoms with Crippen LogP contribution in [0.15, 0.2) is 55.0 Å². The molecule has 1 fully saturated rings. The third kappa shape index (κ3) is 4.37. The van der Waals surface area contributed by atoms with E-state index >= 15 is 0 Å². The average Bonchev–Trinajstić information content (AvgIpc) is 3.29. The number of H-pyrrole nitrogens is 1. The molecule has 4 aromatic rings. The first-order valence-corrected chi connectivity index (χ1v) is 11.1. The van der Waals surface area contributed by atoms with Gasteiger partial charge in [0.2, 0.25) is 0 Å². The highest BCUT2D eigenvalue weighted by Gasteiger charge is 2.25. The van der Waals surface area contributed by atoms with Crippen LogP contribution < -0.4 is 15.4 Å². The van der Waals surface area contributed by atoms with Crippen molar-refractivity contribution in [2.45, 2.75) is 32.3 Å². The summed E-state index contributed by atoms with van der Waals surface area (Å²) in [5, 5.41) is 9.73. The number of hydrogen-bond acceptors (Lipinski definition) is 6. The zero-order chi connectivity index (χ0) is 22.8. The highest BCUT2D eigenvalue weighted by Crippen LogP contribution is 2.28. The van der Waals surface area contributed by atoms with Crippen LogP contribution in [0, 0.1) is 6.92 Å². The largest absolute Gasteiger partial charge is 0.490 e. The van der Waals surface area contributed by atoms with Crippen LogP contribution in [0.3, 0.4) is 0 Å². The molecule has 1 saturated heterocycles. The number of nitrogens with one attached hydrogen (secondary N) is 1. The predicted molar refractivity (Wildman–Crippen MR) is 126 cm³/mol. The molecule has 8 heteroatoms. The van der Waals surface area contributed by atoms with Crippen molar-refractivity contribution in [3.8, 4) is 5.75 Å². The Kier molecular flexibility index (Phi) is 5.64. The number of primary amides is 1. The van der Waals surface area contributed by atoms with Crippen molar-refractivity contribution < 1.29 is 9.53 Å². The predicted octanol–water partition coefficient (Wildman–Crippen LogP) is 3.40. The molecule has 1 aliphatic rings. The lowest BCUT2D eigenvalue weighted by atomic mass is 9.99. The molecule has 3 N–H and O–H groups in total. The number of benzene rings is 1. The molecule has 4 heterocycles. The third-order valence-corrected chi connectivity index (χ3v) is 6.25. The van der Waals surface area contributed by atoms with Crippen LogP contribution >= 0.6 is 0 Å². The normalized spacial score (nSPS) is 14.5. The number of aromatic nitrogens is 4. The quantitative estimate of drug-likeness (QED) is 0.474. The van der Waals surface area contributed by atoms with Gasteiger partial charge in [0.1, 0.15) is 11.9 Å². The summed E-state index contributed by atoms with van der Waals surface area (Å²) in [5.41, 5.74) is 9.73. The average molecular weight is 443 g/mol. The molecular formula is C25H26N6O2. The summed E-state index contributed by atoms with van der Waals surface area (Å²) in [6.07, 6.45) is 7.87. The van der Waals surface area contributed by atoms with Crippen LogP contribution in [-0.2, 0) is 6.42 Å². The third-order valence-electron chi connectivity index (χ3n) is 6.25. The van der Waals surface area contributed by atoms with E-state index in [1.54, 1.807) is 12.4 Å². The summed E-state index contributed by atoms with van der Waals surface area (Å²) >= 11 is 0. The van der Waals surface area contributed by atoms with Gasteiger partial charge in [-0.25, -0.2) is 0 Å². The monoisotopic (exact) mass is 442 g/mol. The second-order valence-corrected chi connectivity index (χ2v) is 8.40. The first-order chi connectivity index (χ1) is 16.1. The zero-order valence-corrected chi connectivity index (χ0v) is 18.5. The van der Waals surface area contributed by atoms with Gasteiger partial charge >= 0.3 is 0 Å². The number of fused-ring (bicyclic) bond motifs is 1. The van der Waals surface area contributed by atoms with E-state index in [9.17, 15) is 4.79 Å². The van der Waals surface area contributed by atoms with Crippen LogP contribution in [0.5, 0.6) is 5.75 Å². The number of carbonyl (C=O) groups excluding carboxylic acids is 1. The first-order valence-electron chi connectivity index (χ1n) is 11.1. The maximum absolute atomic E-state index is 12.0. The van der Waals surface area contributed by atoms with Crippen molar-refractivity contribution in [2.24, 2.45) is 5.73 Å². The van der Waals surface area contributed by atoms with E-state index in [2.05, 4.69) is 31.1 Å². The van der Waals surface area contributed by atoms with Crippen LogP contribution in [0.2, 0.25) is 0 Å². The number of carbonyl (C=O) groups is 1. The smallest absolute Gasteiger partial charge is 0.269 e. The summed E-state index contributed by atoms with van der Waals surface area (Å²) < 4.78 is 6.26. The summed E-state index contributed by atoms with van der Waals surface area (Å²) in [4.78, 5) is 21.5. The van der Waals surface area contributed by atoms with Crippen molar-refractivity contribution in [2.75, 3.05) is 18.0 Å². The van der Waals surface area contributed by atoms with Crippen LogP contribution in [0.25, 0.3) is 10.9 Å². The number of rotatable bonds is 6. The molecule has 8 nitrogen and oxygen atoms in total. The van der Waals surface area contributed by atoms with E-state index in [4.69, 9.17) is 10.5 Å². The number of pyridine rings is 1. The lowest BCUT2D eigenvalue weighted by Crippen LogP contribution is -2.39. The van der Waals surface area contributed by atoms with Crippen molar-refractivity contribution in [3.05, 3.63) is 77.4 Å². The Balaban J connectivity index is 1.31. The van der Waals surface area contributed by atoms with Gasteiger partial charge in [0.05, 0.1) is 0 Å². The molecule has 0 aliphatic carbocycles. The minimum absolute atomic E-state index is 0.145. The minimum Gasteiger partial charge on any atom is -0.490 e. The van der Waals surface area contributed by atoms with Gasteiger partial charge in [0.15, 0.2) is 11.5 Å². The van der Waals surface area contributed by atoms with E-state index in [1.165, 1.54) is 0 Å². The summed E-state index contributed by atoms with van der Waals surface area (Å²) in [7, 11) is 0. The van der Waals surface area contributed by atoms with Gasteiger partial charge in [-0.1, -0.05) is 0 Å². The fraction of sp³-hybridized carbons (Fsp3) is 0.280. The second kappa shape index (κ2) is 8.90. The van der Waals surface area contributed by atoms with Gasteiger partial charge in [-0.15, -0.1) is 10.2 Å². The van der Waals surface area contributed by atoms with Gasteiger partial charge in [-0.2, -0.15) is 0 Å². The Bertz CT molecular complexity index is 1280. The summed E-state index contributed by atoms with van der Waals surface area (Å²) in [6, 6.07) is 12.0. The van der Waals surface area contributed by atoms with Crippen LogP contribution in [-0.4, -0.2) is 45.3 Å². The number of aromatic amines is 1. The molecule has 0 spiro atoms. The zero-order valence-electron chi connectivity index (χ0n) is 18.5. The van der Waals surface area contributed by atoms with Gasteiger partial charge in [-0.3, -0.25) is 9.78 Å². The molecule has 0 unspecified atom stereocenters. The number of nitrogens with two attached hydrogens (primary N) is 1. The van der Waals surface area contributed by atoms with Crippen molar-refractivity contribution in [3.63, 3.8) is 0 Å². The van der Waals surface area contributed by atoms with Gasteiger partial charge < -0.3 is 20.4 Å². The molecule has 1 aliphatic heterocycles. The van der Waals surface area contributed by atoms with Crippen LogP contribution in [0.1, 0.15) is 40.0 Å². The standard InChI is InChI=1S/C25H26N6O2/c1-16-21(14-17-4-9-27-10-5-17)23(24(26)32)29-30-25(16)31-12-7-19(8-13-31)33-20-2-3-22-18(15-20)6-11-28-22/h2-6,9-11,15,19,28H,7-8,12-14H2,1H3,(H2,26,32). The molecule has 3 aromatic heterocycles. The van der Waals surface area contributed by atoms with E-state index in [0.717, 1.165) is 65.1 Å². The number of amides is 1. The SMILES string of the molecule is Cc1c(N2CCC(Oc3ccc4[nH]ccc4c3)CC2)nnc(C(N)=O)c1Cc1ccncc1. The lowest BCUT2D eigenvalue weighted by molar-refractivity contribution is 0.0993. The fourth-order valence-corrected chi connectivity index (χ4v) is 4.45. The molecule has 0 radical (unpaired) electrons. The Hall–Kier alpha value is -3.94. The maximum atomic E-state index is 12.0. The number of nitrogens with zero attached hydrogens (tertiary/aromatic N) is 4. The van der Waals surface area contributed by atoms with Gasteiger partial charge in [-0.05, 0) is 60.0 Å². The lowest BCUT2D eigenvalue weighted by Gasteiger charge is -2.34. The molecule has 1 amide bonds. The van der Waals surface area contributed by atoms with E-state index in [1.807, 2.05) is 43.5 Å². The minimum atomic E-state index is -0.562.